The highest BCUT2D eigenvalue weighted by Crippen LogP contribution is 2.26. The van der Waals surface area contributed by atoms with Gasteiger partial charge in [0.2, 0.25) is 11.7 Å². The number of carbonyl (C=O) groups excluding carboxylic acids is 4. The highest BCUT2D eigenvalue weighted by atomic mass is 16.6. The minimum atomic E-state index is -0.759. The summed E-state index contributed by atoms with van der Waals surface area (Å²) in [5.74, 6) is -2.85. The van der Waals surface area contributed by atoms with Crippen molar-refractivity contribution in [3.8, 4) is 0 Å². The molecule has 3 rings (SSSR count). The standard InChI is InChI=1S/C21H18N2O8/c1-30-20(26)13-5-7-16(8-6-13)22-11-15(10-19(22)25)21(27)31-12-18(24)14-3-2-4-17(9-14)23(28)29/h2-9,15H,10-12H2,1H3. The molecule has 1 atom stereocenters. The maximum absolute atomic E-state index is 12.3. The molecule has 0 radical (unpaired) electrons. The molecule has 160 valence electrons. The minimum absolute atomic E-state index is 0.0526. The van der Waals surface area contributed by atoms with Crippen molar-refractivity contribution in [2.75, 3.05) is 25.2 Å². The Morgan fingerprint density at radius 3 is 2.48 bits per heavy atom. The summed E-state index contributed by atoms with van der Waals surface area (Å²) in [5, 5.41) is 10.8. The lowest BCUT2D eigenvalue weighted by Gasteiger charge is -2.16. The van der Waals surface area contributed by atoms with Gasteiger partial charge in [-0.1, -0.05) is 12.1 Å². The first kappa shape index (κ1) is 21.6. The molecule has 1 fully saturated rings. The molecule has 1 saturated heterocycles. The number of ketones is 1. The van der Waals surface area contributed by atoms with Crippen LogP contribution in [-0.2, 0) is 19.1 Å². The highest BCUT2D eigenvalue weighted by molar-refractivity contribution is 6.01. The van der Waals surface area contributed by atoms with Gasteiger partial charge in [0.05, 0.1) is 23.5 Å². The Morgan fingerprint density at radius 2 is 1.84 bits per heavy atom. The van der Waals surface area contributed by atoms with E-state index in [1.165, 1.54) is 42.3 Å². The van der Waals surface area contributed by atoms with Gasteiger partial charge in [-0.05, 0) is 24.3 Å². The largest absolute Gasteiger partial charge is 0.465 e. The number of nitrogens with zero attached hydrogens (tertiary/aromatic N) is 2. The summed E-state index contributed by atoms with van der Waals surface area (Å²) in [6.07, 6.45) is -0.0808. The molecule has 2 aromatic carbocycles. The van der Waals surface area contributed by atoms with Gasteiger partial charge in [0, 0.05) is 36.3 Å². The Balaban J connectivity index is 1.59. The van der Waals surface area contributed by atoms with E-state index in [2.05, 4.69) is 4.74 Å². The second-order valence-corrected chi connectivity index (χ2v) is 6.78. The summed E-state index contributed by atoms with van der Waals surface area (Å²) >= 11 is 0. The van der Waals surface area contributed by atoms with Gasteiger partial charge in [0.1, 0.15) is 0 Å². The van der Waals surface area contributed by atoms with Gasteiger partial charge in [-0.2, -0.15) is 0 Å². The number of ether oxygens (including phenoxy) is 2. The maximum atomic E-state index is 12.3. The summed E-state index contributed by atoms with van der Waals surface area (Å²) in [7, 11) is 1.26. The quantitative estimate of drug-likeness (QED) is 0.285. The molecular weight excluding hydrogens is 408 g/mol. The smallest absolute Gasteiger partial charge is 0.337 e. The van der Waals surface area contributed by atoms with E-state index in [0.29, 0.717) is 11.3 Å². The van der Waals surface area contributed by atoms with Crippen molar-refractivity contribution in [2.24, 2.45) is 5.92 Å². The Kier molecular flexibility index (Phi) is 6.39. The molecule has 0 aliphatic carbocycles. The number of nitro benzene ring substituents is 1. The summed E-state index contributed by atoms with van der Waals surface area (Å²) in [6.45, 7) is -0.515. The number of carbonyl (C=O) groups is 4. The Bertz CT molecular complexity index is 1050. The number of hydrogen-bond donors (Lipinski definition) is 0. The van der Waals surface area contributed by atoms with Crippen LogP contribution in [0, 0.1) is 16.0 Å². The van der Waals surface area contributed by atoms with Gasteiger partial charge in [0.25, 0.3) is 5.69 Å². The fourth-order valence-electron chi connectivity index (χ4n) is 3.14. The number of Topliss-reactive ketones (excluding diaryl/α,β-unsaturated/α-hetero) is 1. The van der Waals surface area contributed by atoms with E-state index in [1.54, 1.807) is 12.1 Å². The number of non-ortho nitro benzene ring substituents is 1. The molecule has 10 nitrogen and oxygen atoms in total. The predicted molar refractivity (Wildman–Crippen MR) is 107 cm³/mol. The molecule has 1 amide bonds. The van der Waals surface area contributed by atoms with Crippen LogP contribution in [0.3, 0.4) is 0 Å². The van der Waals surface area contributed by atoms with Gasteiger partial charge in [-0.25, -0.2) is 4.79 Å². The van der Waals surface area contributed by atoms with Crippen molar-refractivity contribution >= 4 is 35.0 Å². The van der Waals surface area contributed by atoms with Gasteiger partial charge in [-0.15, -0.1) is 0 Å². The number of anilines is 1. The monoisotopic (exact) mass is 426 g/mol. The summed E-state index contributed by atoms with van der Waals surface area (Å²) < 4.78 is 9.67. The van der Waals surface area contributed by atoms with Crippen LogP contribution in [0.2, 0.25) is 0 Å². The van der Waals surface area contributed by atoms with E-state index in [0.717, 1.165) is 6.07 Å². The average Bonchev–Trinajstić information content (AvgIpc) is 3.18. The van der Waals surface area contributed by atoms with Crippen molar-refractivity contribution in [2.45, 2.75) is 6.42 Å². The molecule has 0 N–H and O–H groups in total. The molecule has 1 aliphatic rings. The van der Waals surface area contributed by atoms with Crippen LogP contribution in [0.4, 0.5) is 11.4 Å². The summed E-state index contributed by atoms with van der Waals surface area (Å²) in [6, 6.07) is 11.3. The van der Waals surface area contributed by atoms with Crippen molar-refractivity contribution in [3.63, 3.8) is 0 Å². The van der Waals surface area contributed by atoms with Crippen molar-refractivity contribution < 1.29 is 33.6 Å². The Labute approximate surface area is 176 Å². The third-order valence-electron chi connectivity index (χ3n) is 4.78. The zero-order valence-electron chi connectivity index (χ0n) is 16.5. The van der Waals surface area contributed by atoms with Crippen LogP contribution in [0.1, 0.15) is 27.1 Å². The number of amides is 1. The number of benzene rings is 2. The van der Waals surface area contributed by atoms with E-state index in [4.69, 9.17) is 4.74 Å². The van der Waals surface area contributed by atoms with Gasteiger partial charge in [0.15, 0.2) is 6.61 Å². The zero-order chi connectivity index (χ0) is 22.5. The van der Waals surface area contributed by atoms with Gasteiger partial charge >= 0.3 is 11.9 Å². The third-order valence-corrected chi connectivity index (χ3v) is 4.78. The molecule has 31 heavy (non-hydrogen) atoms. The van der Waals surface area contributed by atoms with Crippen molar-refractivity contribution in [1.82, 2.24) is 0 Å². The normalized spacial score (nSPS) is 15.5. The first-order valence-electron chi connectivity index (χ1n) is 9.23. The van der Waals surface area contributed by atoms with E-state index < -0.39 is 35.2 Å². The molecule has 0 spiro atoms. The third kappa shape index (κ3) is 4.92. The van der Waals surface area contributed by atoms with Crippen LogP contribution in [0.5, 0.6) is 0 Å². The first-order valence-corrected chi connectivity index (χ1v) is 9.23. The molecule has 0 aromatic heterocycles. The molecule has 10 heteroatoms. The average molecular weight is 426 g/mol. The number of esters is 2. The Morgan fingerprint density at radius 1 is 1.13 bits per heavy atom. The molecule has 0 bridgehead atoms. The molecular formula is C21H18N2O8. The highest BCUT2D eigenvalue weighted by Gasteiger charge is 2.36. The molecule has 1 heterocycles. The second-order valence-electron chi connectivity index (χ2n) is 6.78. The molecule has 2 aromatic rings. The van der Waals surface area contributed by atoms with Crippen LogP contribution < -0.4 is 4.90 Å². The lowest BCUT2D eigenvalue weighted by molar-refractivity contribution is -0.384. The molecule has 0 saturated carbocycles. The van der Waals surface area contributed by atoms with Crippen molar-refractivity contribution in [3.05, 3.63) is 69.8 Å². The van der Waals surface area contributed by atoms with E-state index in [-0.39, 0.29) is 30.1 Å². The van der Waals surface area contributed by atoms with Crippen molar-refractivity contribution in [1.29, 1.82) is 0 Å². The number of methoxy groups -OCH3 is 1. The maximum Gasteiger partial charge on any atom is 0.337 e. The fourth-order valence-corrected chi connectivity index (χ4v) is 3.14. The Hall–Kier alpha value is -4.08. The number of nitro groups is 1. The lowest BCUT2D eigenvalue weighted by Crippen LogP contribution is -2.27. The fraction of sp³-hybridized carbons (Fsp3) is 0.238. The van der Waals surface area contributed by atoms with Gasteiger partial charge < -0.3 is 14.4 Å². The lowest BCUT2D eigenvalue weighted by atomic mass is 10.1. The minimum Gasteiger partial charge on any atom is -0.465 e. The first-order chi connectivity index (χ1) is 14.8. The summed E-state index contributed by atoms with van der Waals surface area (Å²) in [5.41, 5.74) is 0.651. The summed E-state index contributed by atoms with van der Waals surface area (Å²) in [4.78, 5) is 59.9. The van der Waals surface area contributed by atoms with Crippen LogP contribution in [0.25, 0.3) is 0 Å². The molecule has 1 aliphatic heterocycles. The van der Waals surface area contributed by atoms with E-state index >= 15 is 0 Å². The van der Waals surface area contributed by atoms with Crippen LogP contribution in [-0.4, -0.2) is 48.8 Å². The SMILES string of the molecule is COC(=O)c1ccc(N2CC(C(=O)OCC(=O)c3cccc([N+](=O)[O-])c3)CC2=O)cc1. The predicted octanol–water partition coefficient (Wildman–Crippen LogP) is 2.16. The number of hydrogen-bond acceptors (Lipinski definition) is 8. The zero-order valence-corrected chi connectivity index (χ0v) is 16.5. The van der Waals surface area contributed by atoms with E-state index in [9.17, 15) is 29.3 Å². The molecule has 1 unspecified atom stereocenters. The second kappa shape index (κ2) is 9.16. The van der Waals surface area contributed by atoms with Crippen LogP contribution >= 0.6 is 0 Å². The van der Waals surface area contributed by atoms with Gasteiger partial charge in [-0.3, -0.25) is 24.5 Å². The van der Waals surface area contributed by atoms with Crippen LogP contribution in [0.15, 0.2) is 48.5 Å². The van der Waals surface area contributed by atoms with E-state index in [1.807, 2.05) is 0 Å². The number of rotatable bonds is 7. The topological polar surface area (TPSA) is 133 Å².